The summed E-state index contributed by atoms with van der Waals surface area (Å²) in [5.74, 6) is 1.79. The molecule has 0 radical (unpaired) electrons. The highest BCUT2D eigenvalue weighted by Crippen LogP contribution is 2.60. The molecule has 0 spiro atoms. The summed E-state index contributed by atoms with van der Waals surface area (Å²) >= 11 is 0. The molecule has 4 aliphatic carbocycles. The first kappa shape index (κ1) is 17.2. The second kappa shape index (κ2) is 6.32. The SMILES string of the molecule is O=C(Nc1cccc(F)c1)[C@H]1CCCN1C(=O)C12CC3CC(CC(C3)C1)C2. The van der Waals surface area contributed by atoms with Crippen molar-refractivity contribution in [3.63, 3.8) is 0 Å². The highest BCUT2D eigenvalue weighted by Gasteiger charge is 2.56. The fourth-order valence-electron chi connectivity index (χ4n) is 6.75. The van der Waals surface area contributed by atoms with Gasteiger partial charge in [-0.05, 0) is 87.3 Å². The van der Waals surface area contributed by atoms with Crippen molar-refractivity contribution in [2.24, 2.45) is 23.2 Å². The molecule has 1 saturated heterocycles. The molecule has 1 N–H and O–H groups in total. The maximum atomic E-state index is 13.6. The van der Waals surface area contributed by atoms with Gasteiger partial charge in [0.25, 0.3) is 0 Å². The molecule has 2 amide bonds. The van der Waals surface area contributed by atoms with Crippen molar-refractivity contribution in [1.82, 2.24) is 4.90 Å². The molecule has 1 aliphatic heterocycles. The van der Waals surface area contributed by atoms with Crippen LogP contribution in [0.2, 0.25) is 0 Å². The standard InChI is InChI=1S/C22H27FN2O2/c23-17-3-1-4-18(10-17)24-20(26)19-5-2-6-25(19)21(27)22-11-14-7-15(12-22)9-16(8-14)13-22/h1,3-4,10,14-16,19H,2,5-9,11-13H2,(H,24,26)/t14?,15?,16?,19-,22?/m1/s1. The van der Waals surface area contributed by atoms with Gasteiger partial charge in [0.05, 0.1) is 5.41 Å². The lowest BCUT2D eigenvalue weighted by atomic mass is 9.49. The molecule has 1 aromatic carbocycles. The number of hydrogen-bond acceptors (Lipinski definition) is 2. The fourth-order valence-corrected chi connectivity index (χ4v) is 6.75. The number of nitrogens with zero attached hydrogens (tertiary/aromatic N) is 1. The third-order valence-electron chi connectivity index (χ3n) is 7.40. The summed E-state index contributed by atoms with van der Waals surface area (Å²) in [5, 5.41) is 2.81. The molecule has 144 valence electrons. The summed E-state index contributed by atoms with van der Waals surface area (Å²) in [5.41, 5.74) is 0.241. The van der Waals surface area contributed by atoms with Crippen molar-refractivity contribution >= 4 is 17.5 Å². The topological polar surface area (TPSA) is 49.4 Å². The van der Waals surface area contributed by atoms with Gasteiger partial charge in [0.15, 0.2) is 0 Å². The molecule has 0 unspecified atom stereocenters. The number of nitrogens with one attached hydrogen (secondary N) is 1. The Morgan fingerprint density at radius 1 is 1.07 bits per heavy atom. The van der Waals surface area contributed by atoms with Crippen LogP contribution in [0.4, 0.5) is 10.1 Å². The zero-order valence-electron chi connectivity index (χ0n) is 15.6. The summed E-state index contributed by atoms with van der Waals surface area (Å²) in [6.45, 7) is 0.668. The minimum absolute atomic E-state index is 0.184. The Bertz CT molecular complexity index is 742. The van der Waals surface area contributed by atoms with Crippen LogP contribution < -0.4 is 5.32 Å². The Kier molecular flexibility index (Phi) is 4.03. The molecule has 0 aromatic heterocycles. The van der Waals surface area contributed by atoms with E-state index in [-0.39, 0.29) is 23.0 Å². The number of anilines is 1. The Hall–Kier alpha value is -1.91. The van der Waals surface area contributed by atoms with E-state index in [1.54, 1.807) is 12.1 Å². The molecule has 4 nitrogen and oxygen atoms in total. The maximum absolute atomic E-state index is 13.6. The van der Waals surface area contributed by atoms with Gasteiger partial charge in [0.1, 0.15) is 11.9 Å². The third-order valence-corrected chi connectivity index (χ3v) is 7.40. The zero-order valence-corrected chi connectivity index (χ0v) is 15.6. The molecule has 1 heterocycles. The normalized spacial score (nSPS) is 36.9. The van der Waals surface area contributed by atoms with Gasteiger partial charge in [-0.1, -0.05) is 6.07 Å². The van der Waals surface area contributed by atoms with E-state index in [4.69, 9.17) is 0 Å². The van der Waals surface area contributed by atoms with Gasteiger partial charge in [-0.25, -0.2) is 4.39 Å². The summed E-state index contributed by atoms with van der Waals surface area (Å²) in [6, 6.07) is 5.51. The van der Waals surface area contributed by atoms with E-state index in [0.717, 1.165) is 25.7 Å². The van der Waals surface area contributed by atoms with E-state index in [2.05, 4.69) is 5.32 Å². The van der Waals surface area contributed by atoms with Gasteiger partial charge in [-0.15, -0.1) is 0 Å². The fraction of sp³-hybridized carbons (Fsp3) is 0.636. The second-order valence-electron chi connectivity index (χ2n) is 9.35. The zero-order chi connectivity index (χ0) is 18.6. The van der Waals surface area contributed by atoms with Gasteiger partial charge in [0.2, 0.25) is 11.8 Å². The van der Waals surface area contributed by atoms with Gasteiger partial charge in [0, 0.05) is 12.2 Å². The first-order chi connectivity index (χ1) is 13.0. The van der Waals surface area contributed by atoms with Crippen molar-refractivity contribution in [3.8, 4) is 0 Å². The smallest absolute Gasteiger partial charge is 0.247 e. The lowest BCUT2D eigenvalue weighted by Gasteiger charge is -2.56. The van der Waals surface area contributed by atoms with Gasteiger partial charge < -0.3 is 10.2 Å². The van der Waals surface area contributed by atoms with Crippen LogP contribution in [0.3, 0.4) is 0 Å². The van der Waals surface area contributed by atoms with Crippen molar-refractivity contribution < 1.29 is 14.0 Å². The predicted molar refractivity (Wildman–Crippen MR) is 100 cm³/mol. The lowest BCUT2D eigenvalue weighted by molar-refractivity contribution is -0.160. The van der Waals surface area contributed by atoms with E-state index in [1.165, 1.54) is 31.4 Å². The van der Waals surface area contributed by atoms with Crippen LogP contribution in [-0.4, -0.2) is 29.3 Å². The van der Waals surface area contributed by atoms with Crippen molar-refractivity contribution in [2.75, 3.05) is 11.9 Å². The summed E-state index contributed by atoms with van der Waals surface area (Å²) < 4.78 is 13.4. The van der Waals surface area contributed by atoms with E-state index in [9.17, 15) is 14.0 Å². The van der Waals surface area contributed by atoms with Crippen LogP contribution in [0, 0.1) is 29.0 Å². The first-order valence-corrected chi connectivity index (χ1v) is 10.4. The molecule has 1 atom stereocenters. The predicted octanol–water partition coefficient (Wildman–Crippen LogP) is 3.97. The van der Waals surface area contributed by atoms with Gasteiger partial charge >= 0.3 is 0 Å². The van der Waals surface area contributed by atoms with E-state index < -0.39 is 6.04 Å². The van der Waals surface area contributed by atoms with Crippen molar-refractivity contribution in [3.05, 3.63) is 30.1 Å². The highest BCUT2D eigenvalue weighted by atomic mass is 19.1. The summed E-state index contributed by atoms with van der Waals surface area (Å²) in [6.07, 6.45) is 8.52. The third kappa shape index (κ3) is 2.95. The van der Waals surface area contributed by atoms with Crippen LogP contribution in [0.25, 0.3) is 0 Å². The summed E-state index contributed by atoms with van der Waals surface area (Å²) in [7, 11) is 0. The molecular weight excluding hydrogens is 343 g/mol. The van der Waals surface area contributed by atoms with Crippen LogP contribution in [-0.2, 0) is 9.59 Å². The first-order valence-electron chi connectivity index (χ1n) is 10.4. The van der Waals surface area contributed by atoms with E-state index in [1.807, 2.05) is 4.90 Å². The van der Waals surface area contributed by atoms with Crippen LogP contribution in [0.5, 0.6) is 0 Å². The van der Waals surface area contributed by atoms with Crippen LogP contribution in [0.1, 0.15) is 51.4 Å². The number of rotatable bonds is 3. The van der Waals surface area contributed by atoms with Gasteiger partial charge in [-0.2, -0.15) is 0 Å². The van der Waals surface area contributed by atoms with Gasteiger partial charge in [-0.3, -0.25) is 9.59 Å². The molecular formula is C22H27FN2O2. The number of benzene rings is 1. The quantitative estimate of drug-likeness (QED) is 0.875. The number of hydrogen-bond donors (Lipinski definition) is 1. The minimum atomic E-state index is -0.422. The molecule has 6 rings (SSSR count). The molecule has 27 heavy (non-hydrogen) atoms. The van der Waals surface area contributed by atoms with Crippen LogP contribution in [0.15, 0.2) is 24.3 Å². The lowest BCUT2D eigenvalue weighted by Crippen LogP contribution is -2.56. The number of carbonyl (C=O) groups is 2. The monoisotopic (exact) mass is 370 g/mol. The molecule has 5 heteroatoms. The molecule has 4 bridgehead atoms. The molecule has 5 fully saturated rings. The number of halogens is 1. The molecule has 4 saturated carbocycles. The number of amides is 2. The number of carbonyl (C=O) groups excluding carboxylic acids is 2. The van der Waals surface area contributed by atoms with Crippen LogP contribution >= 0.6 is 0 Å². The van der Waals surface area contributed by atoms with E-state index in [0.29, 0.717) is 36.4 Å². The summed E-state index contributed by atoms with van der Waals surface area (Å²) in [4.78, 5) is 28.3. The Morgan fingerprint density at radius 3 is 2.37 bits per heavy atom. The van der Waals surface area contributed by atoms with Crippen molar-refractivity contribution in [2.45, 2.75) is 57.4 Å². The molecule has 1 aromatic rings. The average molecular weight is 370 g/mol. The van der Waals surface area contributed by atoms with Crippen molar-refractivity contribution in [1.29, 1.82) is 0 Å². The Labute approximate surface area is 159 Å². The average Bonchev–Trinajstić information content (AvgIpc) is 3.09. The Balaban J connectivity index is 1.33. The van der Waals surface area contributed by atoms with E-state index >= 15 is 0 Å². The second-order valence-corrected chi connectivity index (χ2v) is 9.35. The number of likely N-dealkylation sites (tertiary alicyclic amines) is 1. The minimum Gasteiger partial charge on any atom is -0.330 e. The maximum Gasteiger partial charge on any atom is 0.247 e. The molecule has 5 aliphatic rings. The highest BCUT2D eigenvalue weighted by molar-refractivity contribution is 5.98. The Morgan fingerprint density at radius 2 is 1.74 bits per heavy atom. The largest absolute Gasteiger partial charge is 0.330 e.